The summed E-state index contributed by atoms with van der Waals surface area (Å²) in [6, 6.07) is 11.3. The predicted molar refractivity (Wildman–Crippen MR) is 104 cm³/mol. The highest BCUT2D eigenvalue weighted by molar-refractivity contribution is 7.99. The van der Waals surface area contributed by atoms with Gasteiger partial charge in [-0.25, -0.2) is 0 Å². The van der Waals surface area contributed by atoms with Crippen LogP contribution in [0, 0.1) is 12.8 Å². The second-order valence-electron chi connectivity index (χ2n) is 7.24. The van der Waals surface area contributed by atoms with Crippen LogP contribution >= 0.6 is 11.8 Å². The van der Waals surface area contributed by atoms with Crippen molar-refractivity contribution in [3.63, 3.8) is 0 Å². The van der Waals surface area contributed by atoms with Crippen molar-refractivity contribution in [2.75, 3.05) is 5.75 Å². The molecule has 1 aliphatic carbocycles. The van der Waals surface area contributed by atoms with Gasteiger partial charge in [-0.15, -0.1) is 11.8 Å². The van der Waals surface area contributed by atoms with Gasteiger partial charge in [0.1, 0.15) is 0 Å². The first-order valence-corrected chi connectivity index (χ1v) is 9.76. The fourth-order valence-corrected chi connectivity index (χ4v) is 4.65. The zero-order valence-electron chi connectivity index (χ0n) is 15.0. The largest absolute Gasteiger partial charge is 0.504 e. The van der Waals surface area contributed by atoms with Crippen molar-refractivity contribution in [2.45, 2.75) is 43.6 Å². The Bertz CT molecular complexity index is 862. The molecule has 138 valence electrons. The summed E-state index contributed by atoms with van der Waals surface area (Å²) in [5.41, 5.74) is 0.789. The SMILES string of the molecule is Cc1cc(=O)c(O)c(O)c2c1C[C@H]([C@](C)(O)CSc1ccccc1)CC2. The maximum absolute atomic E-state index is 11.9. The van der Waals surface area contributed by atoms with Gasteiger partial charge >= 0.3 is 0 Å². The van der Waals surface area contributed by atoms with E-state index in [1.807, 2.05) is 44.2 Å². The Balaban J connectivity index is 1.84. The van der Waals surface area contributed by atoms with E-state index in [4.69, 9.17) is 0 Å². The standard InChI is InChI=1S/C21H24O4S/c1-13-10-18(22)20(24)19(23)16-9-8-14(11-17(13)16)21(2,25)12-26-15-6-4-3-5-7-15/h3-7,10,14,25H,8-9,11-12H2,1-2H3,(H2,22,23,24)/t14-,21-/m1/s1. The topological polar surface area (TPSA) is 77.8 Å². The second-order valence-corrected chi connectivity index (χ2v) is 8.29. The lowest BCUT2D eigenvalue weighted by atomic mass is 9.75. The minimum absolute atomic E-state index is 0.0176. The van der Waals surface area contributed by atoms with E-state index in [0.29, 0.717) is 30.6 Å². The molecule has 0 unspecified atom stereocenters. The third-order valence-electron chi connectivity index (χ3n) is 5.28. The van der Waals surface area contributed by atoms with Crippen LogP contribution < -0.4 is 5.43 Å². The van der Waals surface area contributed by atoms with Crippen molar-refractivity contribution in [1.82, 2.24) is 0 Å². The number of aryl methyl sites for hydroxylation is 1. The molecule has 2 aromatic carbocycles. The summed E-state index contributed by atoms with van der Waals surface area (Å²) >= 11 is 1.62. The molecule has 0 fully saturated rings. The molecule has 0 bridgehead atoms. The van der Waals surface area contributed by atoms with Crippen LogP contribution in [0.25, 0.3) is 0 Å². The van der Waals surface area contributed by atoms with Crippen molar-refractivity contribution < 1.29 is 15.3 Å². The Morgan fingerprint density at radius 1 is 1.15 bits per heavy atom. The zero-order chi connectivity index (χ0) is 18.9. The van der Waals surface area contributed by atoms with Crippen LogP contribution in [0.1, 0.15) is 30.0 Å². The molecule has 0 aromatic heterocycles. The lowest BCUT2D eigenvalue weighted by Gasteiger charge is -2.36. The number of aromatic hydroxyl groups is 2. The van der Waals surface area contributed by atoms with Crippen LogP contribution in [0.2, 0.25) is 0 Å². The van der Waals surface area contributed by atoms with Crippen LogP contribution in [0.4, 0.5) is 0 Å². The average molecular weight is 372 g/mol. The number of hydrogen-bond acceptors (Lipinski definition) is 5. The molecule has 0 radical (unpaired) electrons. The minimum Gasteiger partial charge on any atom is -0.504 e. The molecule has 1 aliphatic rings. The third-order valence-corrected chi connectivity index (χ3v) is 6.61. The highest BCUT2D eigenvalue weighted by Crippen LogP contribution is 2.40. The maximum Gasteiger partial charge on any atom is 0.224 e. The molecule has 0 aliphatic heterocycles. The van der Waals surface area contributed by atoms with E-state index in [-0.39, 0.29) is 11.7 Å². The number of rotatable bonds is 4. The second kappa shape index (κ2) is 7.33. The molecule has 0 amide bonds. The maximum atomic E-state index is 11.9. The van der Waals surface area contributed by atoms with Gasteiger partial charge in [0.15, 0.2) is 5.75 Å². The van der Waals surface area contributed by atoms with Crippen LogP contribution in [-0.2, 0) is 12.8 Å². The van der Waals surface area contributed by atoms with E-state index < -0.39 is 16.8 Å². The fraction of sp³-hybridized carbons (Fsp3) is 0.381. The molecule has 5 heteroatoms. The Morgan fingerprint density at radius 2 is 1.85 bits per heavy atom. The molecule has 0 saturated carbocycles. The van der Waals surface area contributed by atoms with Gasteiger partial charge in [0.2, 0.25) is 11.2 Å². The first-order chi connectivity index (χ1) is 12.3. The Hall–Kier alpha value is -1.98. The van der Waals surface area contributed by atoms with E-state index in [9.17, 15) is 20.1 Å². The summed E-state index contributed by atoms with van der Waals surface area (Å²) in [4.78, 5) is 13.0. The summed E-state index contributed by atoms with van der Waals surface area (Å²) in [6.07, 6.45) is 1.80. The molecule has 2 atom stereocenters. The monoisotopic (exact) mass is 372 g/mol. The molecule has 3 N–H and O–H groups in total. The number of benzene rings is 1. The lowest BCUT2D eigenvalue weighted by Crippen LogP contribution is -2.40. The van der Waals surface area contributed by atoms with Gasteiger partial charge in [-0.1, -0.05) is 18.2 Å². The molecular formula is C21H24O4S. The van der Waals surface area contributed by atoms with E-state index in [1.54, 1.807) is 11.8 Å². The summed E-state index contributed by atoms with van der Waals surface area (Å²) in [6.45, 7) is 3.67. The van der Waals surface area contributed by atoms with Gasteiger partial charge < -0.3 is 15.3 Å². The van der Waals surface area contributed by atoms with Gasteiger partial charge in [0.25, 0.3) is 0 Å². The molecule has 0 saturated heterocycles. The first-order valence-electron chi connectivity index (χ1n) is 8.77. The Labute approximate surface area is 157 Å². The van der Waals surface area contributed by atoms with Crippen LogP contribution in [-0.4, -0.2) is 26.7 Å². The first kappa shape index (κ1) is 18.8. The van der Waals surface area contributed by atoms with Crippen LogP contribution in [0.15, 0.2) is 46.1 Å². The molecule has 3 rings (SSSR count). The summed E-state index contributed by atoms with van der Waals surface area (Å²) < 4.78 is 0. The van der Waals surface area contributed by atoms with E-state index in [1.165, 1.54) is 6.07 Å². The van der Waals surface area contributed by atoms with Crippen molar-refractivity contribution in [2.24, 2.45) is 5.92 Å². The molecule has 0 heterocycles. The average Bonchev–Trinajstić information content (AvgIpc) is 2.72. The minimum atomic E-state index is -0.878. The number of aliphatic hydroxyl groups is 1. The highest BCUT2D eigenvalue weighted by Gasteiger charge is 2.36. The summed E-state index contributed by atoms with van der Waals surface area (Å²) in [5.74, 6) is -0.308. The normalized spacial score (nSPS) is 18.8. The van der Waals surface area contributed by atoms with Crippen LogP contribution in [0.3, 0.4) is 0 Å². The van der Waals surface area contributed by atoms with Gasteiger partial charge in [-0.2, -0.15) is 0 Å². The number of hydrogen-bond donors (Lipinski definition) is 3. The lowest BCUT2D eigenvalue weighted by molar-refractivity contribution is 0.0155. The smallest absolute Gasteiger partial charge is 0.224 e. The van der Waals surface area contributed by atoms with Crippen LogP contribution in [0.5, 0.6) is 11.5 Å². The predicted octanol–water partition coefficient (Wildman–Crippen LogP) is 3.41. The van der Waals surface area contributed by atoms with Gasteiger partial charge in [-0.05, 0) is 68.4 Å². The number of fused-ring (bicyclic) bond motifs is 1. The van der Waals surface area contributed by atoms with Crippen molar-refractivity contribution in [3.05, 3.63) is 63.3 Å². The van der Waals surface area contributed by atoms with Crippen molar-refractivity contribution in [1.29, 1.82) is 0 Å². The number of thioether (sulfide) groups is 1. The van der Waals surface area contributed by atoms with E-state index >= 15 is 0 Å². The zero-order valence-corrected chi connectivity index (χ0v) is 15.8. The van der Waals surface area contributed by atoms with E-state index in [0.717, 1.165) is 16.0 Å². The molecule has 26 heavy (non-hydrogen) atoms. The summed E-state index contributed by atoms with van der Waals surface area (Å²) in [5, 5.41) is 31.2. The molecule has 0 spiro atoms. The van der Waals surface area contributed by atoms with Crippen molar-refractivity contribution in [3.8, 4) is 11.5 Å². The molecular weight excluding hydrogens is 348 g/mol. The fourth-order valence-electron chi connectivity index (χ4n) is 3.61. The van der Waals surface area contributed by atoms with Gasteiger partial charge in [0.05, 0.1) is 5.60 Å². The Morgan fingerprint density at radius 3 is 2.54 bits per heavy atom. The quantitative estimate of drug-likeness (QED) is 0.717. The highest BCUT2D eigenvalue weighted by atomic mass is 32.2. The molecule has 2 aromatic rings. The van der Waals surface area contributed by atoms with Gasteiger partial charge in [0, 0.05) is 16.2 Å². The Kier molecular flexibility index (Phi) is 5.30. The van der Waals surface area contributed by atoms with Gasteiger partial charge in [-0.3, -0.25) is 4.79 Å². The third kappa shape index (κ3) is 3.74. The van der Waals surface area contributed by atoms with E-state index in [2.05, 4.69) is 0 Å². The molecule has 4 nitrogen and oxygen atoms in total. The van der Waals surface area contributed by atoms with Crippen molar-refractivity contribution >= 4 is 11.8 Å². The summed E-state index contributed by atoms with van der Waals surface area (Å²) in [7, 11) is 0.